The molecule has 2 heterocycles. The van der Waals surface area contributed by atoms with Crippen LogP contribution in [0.3, 0.4) is 0 Å². The summed E-state index contributed by atoms with van der Waals surface area (Å²) >= 11 is 0. The molecule has 1 aliphatic heterocycles. The predicted molar refractivity (Wildman–Crippen MR) is 83.7 cm³/mol. The maximum absolute atomic E-state index is 6.06. The van der Waals surface area contributed by atoms with E-state index in [9.17, 15) is 0 Å². The summed E-state index contributed by atoms with van der Waals surface area (Å²) in [5.41, 5.74) is 13.1. The standard InChI is InChI=1S/C14H26N6/c1-14(2,3)6-5-10-11(15)18-13(16)19-12(10)20-7-9(8-20)17-4/h9,17H,5-8H2,1-4H3,(H4,15,16,18,19). The van der Waals surface area contributed by atoms with Gasteiger partial charge in [0.15, 0.2) is 0 Å². The number of aromatic nitrogens is 2. The van der Waals surface area contributed by atoms with Crippen LogP contribution in [0.25, 0.3) is 0 Å². The summed E-state index contributed by atoms with van der Waals surface area (Å²) in [5, 5.41) is 3.26. The predicted octanol–water partition coefficient (Wildman–Crippen LogP) is 1.03. The number of anilines is 3. The number of hydrogen-bond acceptors (Lipinski definition) is 6. The minimum atomic E-state index is 0.255. The Morgan fingerprint density at radius 2 is 1.90 bits per heavy atom. The second-order valence-corrected chi connectivity index (χ2v) is 6.72. The Morgan fingerprint density at radius 3 is 2.45 bits per heavy atom. The highest BCUT2D eigenvalue weighted by molar-refractivity contribution is 5.61. The second-order valence-electron chi connectivity index (χ2n) is 6.72. The van der Waals surface area contributed by atoms with Gasteiger partial charge < -0.3 is 21.7 Å². The summed E-state index contributed by atoms with van der Waals surface area (Å²) in [4.78, 5) is 10.7. The summed E-state index contributed by atoms with van der Waals surface area (Å²) in [6, 6.07) is 0.517. The van der Waals surface area contributed by atoms with Crippen molar-refractivity contribution in [2.24, 2.45) is 5.41 Å². The van der Waals surface area contributed by atoms with Crippen molar-refractivity contribution in [3.05, 3.63) is 5.56 Å². The zero-order chi connectivity index (χ0) is 14.9. The van der Waals surface area contributed by atoms with E-state index in [1.165, 1.54) is 0 Å². The molecule has 20 heavy (non-hydrogen) atoms. The van der Waals surface area contributed by atoms with Crippen molar-refractivity contribution in [3.63, 3.8) is 0 Å². The van der Waals surface area contributed by atoms with Crippen LogP contribution in [-0.4, -0.2) is 36.1 Å². The van der Waals surface area contributed by atoms with Crippen LogP contribution in [0.4, 0.5) is 17.6 Å². The monoisotopic (exact) mass is 278 g/mol. The average molecular weight is 278 g/mol. The number of nitrogen functional groups attached to an aromatic ring is 2. The summed E-state index contributed by atoms with van der Waals surface area (Å²) in [6.07, 6.45) is 1.92. The van der Waals surface area contributed by atoms with E-state index in [-0.39, 0.29) is 11.4 Å². The van der Waals surface area contributed by atoms with E-state index < -0.39 is 0 Å². The summed E-state index contributed by atoms with van der Waals surface area (Å²) in [5.74, 6) is 1.68. The third-order valence-corrected chi connectivity index (χ3v) is 3.75. The van der Waals surface area contributed by atoms with E-state index >= 15 is 0 Å². The lowest BCUT2D eigenvalue weighted by molar-refractivity contribution is 0.377. The number of nitrogens with two attached hydrogens (primary N) is 2. The third-order valence-electron chi connectivity index (χ3n) is 3.75. The molecule has 0 aromatic carbocycles. The highest BCUT2D eigenvalue weighted by Gasteiger charge is 2.29. The maximum atomic E-state index is 6.06. The normalized spacial score (nSPS) is 16.3. The summed E-state index contributed by atoms with van der Waals surface area (Å²) in [6.45, 7) is 8.55. The van der Waals surface area contributed by atoms with E-state index in [1.54, 1.807) is 0 Å². The zero-order valence-electron chi connectivity index (χ0n) is 12.9. The molecule has 0 unspecified atom stereocenters. The third kappa shape index (κ3) is 3.30. The van der Waals surface area contributed by atoms with Crippen molar-refractivity contribution in [2.45, 2.75) is 39.7 Å². The largest absolute Gasteiger partial charge is 0.383 e. The van der Waals surface area contributed by atoms with E-state index in [1.807, 2.05) is 7.05 Å². The van der Waals surface area contributed by atoms with Gasteiger partial charge in [0.25, 0.3) is 0 Å². The van der Waals surface area contributed by atoms with Crippen LogP contribution in [0.2, 0.25) is 0 Å². The maximum Gasteiger partial charge on any atom is 0.223 e. The quantitative estimate of drug-likeness (QED) is 0.761. The first-order chi connectivity index (χ1) is 9.30. The number of likely N-dealkylation sites (N-methyl/N-ethyl adjacent to an activating group) is 1. The molecule has 0 bridgehead atoms. The van der Waals surface area contributed by atoms with Crippen molar-refractivity contribution < 1.29 is 0 Å². The fraction of sp³-hybridized carbons (Fsp3) is 0.714. The van der Waals surface area contributed by atoms with Crippen molar-refractivity contribution in [1.82, 2.24) is 15.3 Å². The first kappa shape index (κ1) is 14.8. The molecule has 0 aliphatic carbocycles. The lowest BCUT2D eigenvalue weighted by Crippen LogP contribution is -2.57. The van der Waals surface area contributed by atoms with Crippen LogP contribution in [0.5, 0.6) is 0 Å². The van der Waals surface area contributed by atoms with Gasteiger partial charge in [-0.25, -0.2) is 0 Å². The molecule has 1 aliphatic rings. The SMILES string of the molecule is CNC1CN(c2nc(N)nc(N)c2CCC(C)(C)C)C1. The molecule has 1 fully saturated rings. The zero-order valence-corrected chi connectivity index (χ0v) is 12.9. The smallest absolute Gasteiger partial charge is 0.223 e. The second kappa shape index (κ2) is 5.44. The van der Waals surface area contributed by atoms with Crippen LogP contribution in [0, 0.1) is 5.41 Å². The molecule has 0 amide bonds. The first-order valence-corrected chi connectivity index (χ1v) is 7.14. The van der Waals surface area contributed by atoms with Gasteiger partial charge in [-0.1, -0.05) is 20.8 Å². The van der Waals surface area contributed by atoms with Crippen LogP contribution < -0.4 is 21.7 Å². The fourth-order valence-corrected chi connectivity index (χ4v) is 2.34. The number of hydrogen-bond donors (Lipinski definition) is 3. The molecule has 0 atom stereocenters. The molecule has 112 valence electrons. The number of nitrogens with zero attached hydrogens (tertiary/aromatic N) is 3. The molecule has 1 aromatic rings. The Morgan fingerprint density at radius 1 is 1.25 bits per heavy atom. The van der Waals surface area contributed by atoms with E-state index in [2.05, 4.69) is 41.0 Å². The molecule has 0 saturated carbocycles. The van der Waals surface area contributed by atoms with Gasteiger partial charge in [0, 0.05) is 24.7 Å². The van der Waals surface area contributed by atoms with Gasteiger partial charge in [-0.2, -0.15) is 9.97 Å². The average Bonchev–Trinajstić information content (AvgIpc) is 2.24. The molecule has 1 aromatic heterocycles. The van der Waals surface area contributed by atoms with Crippen LogP contribution in [0.1, 0.15) is 32.8 Å². The van der Waals surface area contributed by atoms with Crippen molar-refractivity contribution in [2.75, 3.05) is 36.5 Å². The van der Waals surface area contributed by atoms with Crippen molar-refractivity contribution in [3.8, 4) is 0 Å². The van der Waals surface area contributed by atoms with Crippen LogP contribution in [-0.2, 0) is 6.42 Å². The molecule has 0 radical (unpaired) electrons. The minimum absolute atomic E-state index is 0.255. The number of nitrogens with one attached hydrogen (secondary N) is 1. The molecule has 1 saturated heterocycles. The van der Waals surface area contributed by atoms with Crippen LogP contribution >= 0.6 is 0 Å². The van der Waals surface area contributed by atoms with Gasteiger partial charge in [-0.15, -0.1) is 0 Å². The van der Waals surface area contributed by atoms with Gasteiger partial charge in [0.1, 0.15) is 11.6 Å². The molecule has 2 rings (SSSR count). The Balaban J connectivity index is 2.21. The Kier molecular flexibility index (Phi) is 4.04. The van der Waals surface area contributed by atoms with E-state index in [4.69, 9.17) is 11.5 Å². The fourth-order valence-electron chi connectivity index (χ4n) is 2.34. The van der Waals surface area contributed by atoms with Gasteiger partial charge in [0.2, 0.25) is 5.95 Å². The molecule has 6 nitrogen and oxygen atoms in total. The molecule has 0 spiro atoms. The van der Waals surface area contributed by atoms with Gasteiger partial charge in [-0.3, -0.25) is 0 Å². The molecular weight excluding hydrogens is 252 g/mol. The lowest BCUT2D eigenvalue weighted by atomic mass is 9.88. The topological polar surface area (TPSA) is 93.1 Å². The number of rotatable bonds is 4. The molecule has 5 N–H and O–H groups in total. The molecule has 6 heteroatoms. The van der Waals surface area contributed by atoms with Gasteiger partial charge >= 0.3 is 0 Å². The Bertz CT molecular complexity index is 473. The van der Waals surface area contributed by atoms with Crippen molar-refractivity contribution >= 4 is 17.6 Å². The van der Waals surface area contributed by atoms with Crippen LogP contribution in [0.15, 0.2) is 0 Å². The van der Waals surface area contributed by atoms with Crippen molar-refractivity contribution in [1.29, 1.82) is 0 Å². The van der Waals surface area contributed by atoms with E-state index in [0.29, 0.717) is 11.9 Å². The Hall–Kier alpha value is -1.56. The Labute approximate surface area is 121 Å². The van der Waals surface area contributed by atoms with E-state index in [0.717, 1.165) is 37.3 Å². The summed E-state index contributed by atoms with van der Waals surface area (Å²) < 4.78 is 0. The van der Waals surface area contributed by atoms with Gasteiger partial charge in [0.05, 0.1) is 0 Å². The first-order valence-electron chi connectivity index (χ1n) is 7.14. The summed E-state index contributed by atoms with van der Waals surface area (Å²) in [7, 11) is 1.98. The highest BCUT2D eigenvalue weighted by Crippen LogP contribution is 2.31. The minimum Gasteiger partial charge on any atom is -0.383 e. The molecular formula is C14H26N6. The highest BCUT2D eigenvalue weighted by atomic mass is 15.3. The van der Waals surface area contributed by atoms with Gasteiger partial charge in [-0.05, 0) is 25.3 Å². The lowest BCUT2D eigenvalue weighted by Gasteiger charge is -2.41.